The first kappa shape index (κ1) is 12.7. The van der Waals surface area contributed by atoms with Crippen molar-refractivity contribution in [3.63, 3.8) is 0 Å². The smallest absolute Gasteiger partial charge is 0.272 e. The van der Waals surface area contributed by atoms with Gasteiger partial charge >= 0.3 is 0 Å². The standard InChI is InChI=1S/C11H13ClN2O2/c1-9(12)8-13-7-6-10-4-2-3-5-11(10)14(15)16/h2-5,13H,1,6-8H2. The van der Waals surface area contributed by atoms with Gasteiger partial charge in [-0.3, -0.25) is 10.1 Å². The first-order valence-corrected chi connectivity index (χ1v) is 5.25. The van der Waals surface area contributed by atoms with Gasteiger partial charge in [-0.1, -0.05) is 36.4 Å². The van der Waals surface area contributed by atoms with Crippen LogP contribution in [0.3, 0.4) is 0 Å². The molecule has 4 nitrogen and oxygen atoms in total. The largest absolute Gasteiger partial charge is 0.311 e. The van der Waals surface area contributed by atoms with Crippen molar-refractivity contribution in [1.29, 1.82) is 0 Å². The summed E-state index contributed by atoms with van der Waals surface area (Å²) in [5, 5.41) is 14.3. The average Bonchev–Trinajstić information content (AvgIpc) is 2.24. The molecule has 0 bridgehead atoms. The van der Waals surface area contributed by atoms with Gasteiger partial charge in [0.15, 0.2) is 0 Å². The minimum atomic E-state index is -0.365. The van der Waals surface area contributed by atoms with Crippen molar-refractivity contribution in [2.24, 2.45) is 0 Å². The number of benzene rings is 1. The molecule has 0 atom stereocenters. The van der Waals surface area contributed by atoms with E-state index in [1.54, 1.807) is 18.2 Å². The fourth-order valence-electron chi connectivity index (χ4n) is 1.35. The molecule has 0 heterocycles. The molecule has 1 aromatic carbocycles. The minimum absolute atomic E-state index is 0.161. The number of para-hydroxylation sites is 1. The molecule has 0 radical (unpaired) electrons. The van der Waals surface area contributed by atoms with E-state index in [9.17, 15) is 10.1 Å². The van der Waals surface area contributed by atoms with Crippen LogP contribution < -0.4 is 5.32 Å². The first-order valence-electron chi connectivity index (χ1n) is 4.87. The number of nitrogens with one attached hydrogen (secondary N) is 1. The van der Waals surface area contributed by atoms with Crippen LogP contribution >= 0.6 is 11.6 Å². The molecule has 86 valence electrons. The molecule has 0 aliphatic carbocycles. The molecule has 1 N–H and O–H groups in total. The summed E-state index contributed by atoms with van der Waals surface area (Å²) >= 11 is 5.58. The number of nitro benzene ring substituents is 1. The van der Waals surface area contributed by atoms with Crippen LogP contribution in [-0.2, 0) is 6.42 Å². The molecule has 0 aliphatic rings. The molecule has 16 heavy (non-hydrogen) atoms. The van der Waals surface area contributed by atoms with Gasteiger partial charge in [-0.25, -0.2) is 0 Å². The third kappa shape index (κ3) is 4.00. The van der Waals surface area contributed by atoms with Crippen molar-refractivity contribution in [1.82, 2.24) is 5.32 Å². The number of nitro groups is 1. The molecule has 5 heteroatoms. The van der Waals surface area contributed by atoms with E-state index in [2.05, 4.69) is 11.9 Å². The second-order valence-corrected chi connectivity index (χ2v) is 3.86. The molecule has 0 aromatic heterocycles. The van der Waals surface area contributed by atoms with Gasteiger partial charge in [-0.15, -0.1) is 0 Å². The zero-order valence-corrected chi connectivity index (χ0v) is 9.54. The average molecular weight is 241 g/mol. The van der Waals surface area contributed by atoms with E-state index >= 15 is 0 Å². The van der Waals surface area contributed by atoms with Gasteiger partial charge in [0.2, 0.25) is 0 Å². The summed E-state index contributed by atoms with van der Waals surface area (Å²) in [6.45, 7) is 4.69. The number of hydrogen-bond donors (Lipinski definition) is 1. The third-order valence-electron chi connectivity index (χ3n) is 2.08. The second kappa shape index (κ2) is 6.25. The van der Waals surface area contributed by atoms with E-state index in [-0.39, 0.29) is 10.6 Å². The monoisotopic (exact) mass is 240 g/mol. The lowest BCUT2D eigenvalue weighted by atomic mass is 10.1. The van der Waals surface area contributed by atoms with Crippen LogP contribution in [0.5, 0.6) is 0 Å². The number of hydrogen-bond acceptors (Lipinski definition) is 3. The number of nitrogens with zero attached hydrogens (tertiary/aromatic N) is 1. The van der Waals surface area contributed by atoms with E-state index in [1.165, 1.54) is 6.07 Å². The Morgan fingerprint density at radius 3 is 2.81 bits per heavy atom. The molecule has 0 fully saturated rings. The summed E-state index contributed by atoms with van der Waals surface area (Å²) in [6, 6.07) is 6.73. The molecule has 0 spiro atoms. The Balaban J connectivity index is 2.53. The van der Waals surface area contributed by atoms with Crippen LogP contribution in [0.2, 0.25) is 0 Å². The highest BCUT2D eigenvalue weighted by Crippen LogP contribution is 2.17. The summed E-state index contributed by atoms with van der Waals surface area (Å²) in [5.74, 6) is 0. The lowest BCUT2D eigenvalue weighted by Gasteiger charge is -2.04. The van der Waals surface area contributed by atoms with Gasteiger partial charge in [0.1, 0.15) is 0 Å². The highest BCUT2D eigenvalue weighted by atomic mass is 35.5. The summed E-state index contributed by atoms with van der Waals surface area (Å²) < 4.78 is 0. The maximum Gasteiger partial charge on any atom is 0.272 e. The summed E-state index contributed by atoms with van der Waals surface area (Å²) in [7, 11) is 0. The predicted molar refractivity (Wildman–Crippen MR) is 64.7 cm³/mol. The predicted octanol–water partition coefficient (Wildman–Crippen LogP) is 2.48. The van der Waals surface area contributed by atoms with E-state index in [0.717, 1.165) is 5.56 Å². The van der Waals surface area contributed by atoms with E-state index in [1.807, 2.05) is 0 Å². The van der Waals surface area contributed by atoms with Gasteiger partial charge in [-0.2, -0.15) is 0 Å². The highest BCUT2D eigenvalue weighted by molar-refractivity contribution is 6.29. The van der Waals surface area contributed by atoms with Gasteiger partial charge < -0.3 is 5.32 Å². The topological polar surface area (TPSA) is 55.2 Å². The van der Waals surface area contributed by atoms with Gasteiger partial charge in [0.05, 0.1) is 4.92 Å². The maximum atomic E-state index is 10.7. The SMILES string of the molecule is C=C(Cl)CNCCc1ccccc1[N+](=O)[O-]. The normalized spacial score (nSPS) is 10.1. The van der Waals surface area contributed by atoms with Crippen LogP contribution in [0.4, 0.5) is 5.69 Å². The minimum Gasteiger partial charge on any atom is -0.311 e. The van der Waals surface area contributed by atoms with Crippen molar-refractivity contribution < 1.29 is 4.92 Å². The Morgan fingerprint density at radius 2 is 2.19 bits per heavy atom. The van der Waals surface area contributed by atoms with E-state index in [0.29, 0.717) is 24.5 Å². The maximum absolute atomic E-state index is 10.7. The van der Waals surface area contributed by atoms with Crippen LogP contribution in [0, 0.1) is 10.1 Å². The number of rotatable bonds is 6. The summed E-state index contributed by atoms with van der Waals surface area (Å²) in [4.78, 5) is 10.3. The molecule has 0 amide bonds. The Morgan fingerprint density at radius 1 is 1.50 bits per heavy atom. The van der Waals surface area contributed by atoms with E-state index in [4.69, 9.17) is 11.6 Å². The summed E-state index contributed by atoms with van der Waals surface area (Å²) in [5.41, 5.74) is 0.884. The summed E-state index contributed by atoms with van der Waals surface area (Å²) in [6.07, 6.45) is 0.599. The molecule has 0 saturated carbocycles. The van der Waals surface area contributed by atoms with Crippen molar-refractivity contribution in [2.45, 2.75) is 6.42 Å². The van der Waals surface area contributed by atoms with Gasteiger partial charge in [-0.05, 0) is 13.0 Å². The van der Waals surface area contributed by atoms with Crippen LogP contribution in [0.1, 0.15) is 5.56 Å². The zero-order valence-electron chi connectivity index (χ0n) is 8.78. The van der Waals surface area contributed by atoms with Crippen LogP contribution in [-0.4, -0.2) is 18.0 Å². The van der Waals surface area contributed by atoms with Crippen LogP contribution in [0.25, 0.3) is 0 Å². The van der Waals surface area contributed by atoms with Crippen LogP contribution in [0.15, 0.2) is 35.9 Å². The lowest BCUT2D eigenvalue weighted by molar-refractivity contribution is -0.385. The zero-order chi connectivity index (χ0) is 12.0. The lowest BCUT2D eigenvalue weighted by Crippen LogP contribution is -2.18. The molecule has 0 aliphatic heterocycles. The Labute approximate surface area is 99.1 Å². The van der Waals surface area contributed by atoms with Crippen molar-refractivity contribution in [3.8, 4) is 0 Å². The third-order valence-corrected chi connectivity index (χ3v) is 2.21. The number of halogens is 1. The van der Waals surface area contributed by atoms with Crippen molar-refractivity contribution >= 4 is 17.3 Å². The van der Waals surface area contributed by atoms with E-state index < -0.39 is 0 Å². The quantitative estimate of drug-likeness (QED) is 0.472. The van der Waals surface area contributed by atoms with Crippen molar-refractivity contribution in [3.05, 3.63) is 51.6 Å². The molecule has 1 aromatic rings. The Hall–Kier alpha value is -1.39. The van der Waals surface area contributed by atoms with Gasteiger partial charge in [0, 0.05) is 23.2 Å². The molecular formula is C11H13ClN2O2. The molecule has 0 saturated heterocycles. The fraction of sp³-hybridized carbons (Fsp3) is 0.273. The second-order valence-electron chi connectivity index (χ2n) is 3.33. The molecular weight excluding hydrogens is 228 g/mol. The van der Waals surface area contributed by atoms with Crippen molar-refractivity contribution in [2.75, 3.05) is 13.1 Å². The van der Waals surface area contributed by atoms with Gasteiger partial charge in [0.25, 0.3) is 5.69 Å². The molecule has 0 unspecified atom stereocenters. The Bertz CT molecular complexity index is 393. The first-order chi connectivity index (χ1) is 7.61. The Kier molecular flexibility index (Phi) is 4.95. The fourth-order valence-corrected chi connectivity index (χ4v) is 1.44. The molecule has 1 rings (SSSR count). The highest BCUT2D eigenvalue weighted by Gasteiger charge is 2.10.